The molecule has 0 aliphatic heterocycles. The van der Waals surface area contributed by atoms with Crippen LogP contribution in [0.1, 0.15) is 5.56 Å². The Labute approximate surface area is 89.5 Å². The molecule has 0 fully saturated rings. The number of hydrogen-bond acceptors (Lipinski definition) is 1. The Balaban J connectivity index is 2.71. The van der Waals surface area contributed by atoms with Crippen LogP contribution in [-0.2, 0) is 6.54 Å². The predicted octanol–water partition coefficient (Wildman–Crippen LogP) is 1.60. The maximum Gasteiger partial charge on any atom is 0.127 e. The third-order valence-corrected chi connectivity index (χ3v) is 2.18. The van der Waals surface area contributed by atoms with Crippen LogP contribution in [0.25, 0.3) is 0 Å². The average Bonchev–Trinajstić information content (AvgIpc) is 2.19. The quantitative estimate of drug-likeness (QED) is 0.582. The summed E-state index contributed by atoms with van der Waals surface area (Å²) >= 11 is 5.90. The minimum Gasteiger partial charge on any atom is -0.496 e. The van der Waals surface area contributed by atoms with Crippen LogP contribution in [0, 0.1) is 0 Å². The molecule has 0 aliphatic carbocycles. The lowest BCUT2D eigenvalue weighted by Crippen LogP contribution is -2.82. The van der Waals surface area contributed by atoms with E-state index in [1.165, 1.54) is 0 Å². The van der Waals surface area contributed by atoms with E-state index in [1.807, 2.05) is 24.3 Å². The molecule has 0 heterocycles. The Morgan fingerprint density at radius 1 is 1.57 bits per heavy atom. The first kappa shape index (κ1) is 11.1. The van der Waals surface area contributed by atoms with Crippen molar-refractivity contribution < 1.29 is 10.1 Å². The van der Waals surface area contributed by atoms with Gasteiger partial charge in [0.25, 0.3) is 0 Å². The lowest BCUT2D eigenvalue weighted by Gasteiger charge is -2.07. The van der Waals surface area contributed by atoms with Gasteiger partial charge in [-0.3, -0.25) is 0 Å². The topological polar surface area (TPSA) is 25.8 Å². The summed E-state index contributed by atoms with van der Waals surface area (Å²) in [5.41, 5.74) is 1.11. The van der Waals surface area contributed by atoms with E-state index in [0.717, 1.165) is 29.4 Å². The van der Waals surface area contributed by atoms with Crippen LogP contribution in [0.2, 0.25) is 5.02 Å². The van der Waals surface area contributed by atoms with Gasteiger partial charge >= 0.3 is 0 Å². The third kappa shape index (κ3) is 3.05. The number of methoxy groups -OCH3 is 1. The highest BCUT2D eigenvalue weighted by Gasteiger charge is 2.04. The summed E-state index contributed by atoms with van der Waals surface area (Å²) in [6.07, 6.45) is 1.87. The molecule has 0 aliphatic rings. The summed E-state index contributed by atoms with van der Waals surface area (Å²) in [6.45, 7) is 5.42. The second kappa shape index (κ2) is 5.68. The molecule has 2 N–H and O–H groups in total. The van der Waals surface area contributed by atoms with Crippen LogP contribution in [0.15, 0.2) is 30.9 Å². The minimum absolute atomic E-state index is 0.743. The van der Waals surface area contributed by atoms with Gasteiger partial charge in [0.15, 0.2) is 0 Å². The molecule has 76 valence electrons. The Morgan fingerprint density at radius 3 is 3.00 bits per heavy atom. The van der Waals surface area contributed by atoms with Crippen LogP contribution < -0.4 is 10.1 Å². The number of benzene rings is 1. The fraction of sp³-hybridized carbons (Fsp3) is 0.273. The molecule has 0 unspecified atom stereocenters. The van der Waals surface area contributed by atoms with E-state index in [9.17, 15) is 0 Å². The van der Waals surface area contributed by atoms with Crippen molar-refractivity contribution in [2.75, 3.05) is 13.7 Å². The van der Waals surface area contributed by atoms with E-state index in [4.69, 9.17) is 16.3 Å². The minimum atomic E-state index is 0.743. The highest BCUT2D eigenvalue weighted by Crippen LogP contribution is 2.21. The molecular weight excluding hydrogens is 198 g/mol. The Bertz CT molecular complexity index is 312. The lowest BCUT2D eigenvalue weighted by atomic mass is 10.2. The zero-order valence-electron chi connectivity index (χ0n) is 8.29. The van der Waals surface area contributed by atoms with E-state index in [0.29, 0.717) is 0 Å². The average molecular weight is 213 g/mol. The fourth-order valence-electron chi connectivity index (χ4n) is 1.26. The molecular formula is C11H15ClNO+. The highest BCUT2D eigenvalue weighted by molar-refractivity contribution is 6.30. The number of halogens is 1. The molecule has 3 heteroatoms. The standard InChI is InChI=1S/C11H14ClNO/c1-3-6-13-8-9-7-10(12)4-5-11(9)14-2/h3-5,7,13H,1,6,8H2,2H3/p+1. The summed E-state index contributed by atoms with van der Waals surface area (Å²) < 4.78 is 5.23. The van der Waals surface area contributed by atoms with Gasteiger partial charge in [-0.05, 0) is 24.3 Å². The van der Waals surface area contributed by atoms with Crippen LogP contribution in [-0.4, -0.2) is 13.7 Å². The van der Waals surface area contributed by atoms with Crippen LogP contribution in [0.5, 0.6) is 5.75 Å². The van der Waals surface area contributed by atoms with Crippen molar-refractivity contribution in [3.8, 4) is 5.75 Å². The molecule has 0 saturated carbocycles. The zero-order chi connectivity index (χ0) is 10.4. The Morgan fingerprint density at radius 2 is 2.36 bits per heavy atom. The van der Waals surface area contributed by atoms with E-state index >= 15 is 0 Å². The maximum absolute atomic E-state index is 5.90. The number of nitrogens with two attached hydrogens (primary N) is 1. The lowest BCUT2D eigenvalue weighted by molar-refractivity contribution is -0.662. The molecule has 1 rings (SSSR count). The van der Waals surface area contributed by atoms with Gasteiger partial charge in [-0.25, -0.2) is 0 Å². The van der Waals surface area contributed by atoms with Gasteiger partial charge in [-0.1, -0.05) is 18.2 Å². The third-order valence-electron chi connectivity index (χ3n) is 1.94. The first-order valence-electron chi connectivity index (χ1n) is 4.53. The van der Waals surface area contributed by atoms with Gasteiger partial charge < -0.3 is 10.1 Å². The first-order chi connectivity index (χ1) is 6.77. The number of quaternary nitrogens is 1. The number of hydrogen-bond donors (Lipinski definition) is 1. The van der Waals surface area contributed by atoms with Gasteiger partial charge in [0.1, 0.15) is 12.3 Å². The van der Waals surface area contributed by atoms with Gasteiger partial charge in [-0.2, -0.15) is 0 Å². The maximum atomic E-state index is 5.90. The van der Waals surface area contributed by atoms with E-state index < -0.39 is 0 Å². The zero-order valence-corrected chi connectivity index (χ0v) is 9.05. The van der Waals surface area contributed by atoms with Crippen LogP contribution >= 0.6 is 11.6 Å². The molecule has 0 radical (unpaired) electrons. The summed E-state index contributed by atoms with van der Waals surface area (Å²) in [6, 6.07) is 5.65. The SMILES string of the molecule is C=CC[NH2+]Cc1cc(Cl)ccc1OC. The van der Waals surface area contributed by atoms with E-state index in [1.54, 1.807) is 7.11 Å². The van der Waals surface area contributed by atoms with Crippen molar-refractivity contribution in [3.05, 3.63) is 41.4 Å². The fourth-order valence-corrected chi connectivity index (χ4v) is 1.46. The molecule has 0 amide bonds. The first-order valence-corrected chi connectivity index (χ1v) is 4.90. The van der Waals surface area contributed by atoms with E-state index in [-0.39, 0.29) is 0 Å². The van der Waals surface area contributed by atoms with Gasteiger partial charge in [-0.15, -0.1) is 0 Å². The van der Waals surface area contributed by atoms with Crippen molar-refractivity contribution in [1.29, 1.82) is 0 Å². The van der Waals surface area contributed by atoms with Crippen molar-refractivity contribution in [1.82, 2.24) is 0 Å². The van der Waals surface area contributed by atoms with Crippen molar-refractivity contribution in [2.24, 2.45) is 0 Å². The van der Waals surface area contributed by atoms with Gasteiger partial charge in [0, 0.05) is 10.6 Å². The second-order valence-corrected chi connectivity index (χ2v) is 3.41. The van der Waals surface area contributed by atoms with Gasteiger partial charge in [0.05, 0.1) is 13.7 Å². The molecule has 0 spiro atoms. The molecule has 2 nitrogen and oxygen atoms in total. The summed E-state index contributed by atoms with van der Waals surface area (Å²) in [7, 11) is 1.67. The van der Waals surface area contributed by atoms with Crippen molar-refractivity contribution >= 4 is 11.6 Å². The summed E-state index contributed by atoms with van der Waals surface area (Å²) in [5.74, 6) is 0.884. The predicted molar refractivity (Wildman–Crippen MR) is 58.7 cm³/mol. The Hall–Kier alpha value is -0.990. The molecule has 1 aromatic rings. The number of rotatable bonds is 5. The monoisotopic (exact) mass is 212 g/mol. The molecule has 14 heavy (non-hydrogen) atoms. The highest BCUT2D eigenvalue weighted by atomic mass is 35.5. The molecule has 0 atom stereocenters. The number of ether oxygens (including phenoxy) is 1. The second-order valence-electron chi connectivity index (χ2n) is 2.97. The molecule has 0 bridgehead atoms. The largest absolute Gasteiger partial charge is 0.496 e. The van der Waals surface area contributed by atoms with E-state index in [2.05, 4.69) is 11.9 Å². The van der Waals surface area contributed by atoms with Crippen LogP contribution in [0.4, 0.5) is 0 Å². The Kier molecular flexibility index (Phi) is 4.50. The molecule has 0 saturated heterocycles. The van der Waals surface area contributed by atoms with Gasteiger partial charge in [0.2, 0.25) is 0 Å². The van der Waals surface area contributed by atoms with Crippen LogP contribution in [0.3, 0.4) is 0 Å². The summed E-state index contributed by atoms with van der Waals surface area (Å²) in [5, 5.41) is 2.88. The smallest absolute Gasteiger partial charge is 0.127 e. The molecule has 0 aromatic heterocycles. The normalized spacial score (nSPS) is 9.86. The molecule has 1 aromatic carbocycles. The van der Waals surface area contributed by atoms with Crippen molar-refractivity contribution in [3.63, 3.8) is 0 Å². The summed E-state index contributed by atoms with van der Waals surface area (Å²) in [4.78, 5) is 0. The van der Waals surface area contributed by atoms with Crippen molar-refractivity contribution in [2.45, 2.75) is 6.54 Å².